The van der Waals surface area contributed by atoms with Crippen molar-refractivity contribution < 1.29 is 9.84 Å². The predicted molar refractivity (Wildman–Crippen MR) is 107 cm³/mol. The highest BCUT2D eigenvalue weighted by atomic mass is 16.5. The standard InChI is InChI=1S/C21H30N4O2/c1-15-16-6-4-5-7-17(16)20(23-22-15)25-10-8-21(9-11-25)18(26)14-19(21)27-13-12-24(2)3/h4-7,18-19,26H,8-14H2,1-3H3/t18-,19+/m1/s1. The van der Waals surface area contributed by atoms with E-state index in [9.17, 15) is 5.11 Å². The van der Waals surface area contributed by atoms with Gasteiger partial charge in [-0.05, 0) is 33.9 Å². The Balaban J connectivity index is 1.47. The van der Waals surface area contributed by atoms with Gasteiger partial charge in [-0.15, -0.1) is 5.10 Å². The summed E-state index contributed by atoms with van der Waals surface area (Å²) in [5.74, 6) is 0.963. The van der Waals surface area contributed by atoms with E-state index < -0.39 is 0 Å². The summed E-state index contributed by atoms with van der Waals surface area (Å²) < 4.78 is 6.13. The molecule has 2 fully saturated rings. The summed E-state index contributed by atoms with van der Waals surface area (Å²) >= 11 is 0. The van der Waals surface area contributed by atoms with E-state index in [1.807, 2.05) is 13.0 Å². The molecule has 1 aliphatic carbocycles. The summed E-state index contributed by atoms with van der Waals surface area (Å²) in [7, 11) is 4.11. The molecule has 6 heteroatoms. The molecule has 1 saturated heterocycles. The van der Waals surface area contributed by atoms with E-state index in [1.54, 1.807) is 0 Å². The van der Waals surface area contributed by atoms with Gasteiger partial charge in [-0.2, -0.15) is 5.10 Å². The normalized spacial score (nSPS) is 24.6. The highest BCUT2D eigenvalue weighted by molar-refractivity contribution is 5.93. The largest absolute Gasteiger partial charge is 0.392 e. The zero-order chi connectivity index (χ0) is 19.0. The van der Waals surface area contributed by atoms with Crippen LogP contribution >= 0.6 is 0 Å². The maximum Gasteiger partial charge on any atom is 0.159 e. The monoisotopic (exact) mass is 370 g/mol. The number of anilines is 1. The molecule has 27 heavy (non-hydrogen) atoms. The molecule has 1 aliphatic heterocycles. The SMILES string of the molecule is Cc1nnc(N2CCC3(CC2)[C@H](O)C[C@@H]3OCCN(C)C)c2ccccc12. The number of benzene rings is 1. The summed E-state index contributed by atoms with van der Waals surface area (Å²) in [4.78, 5) is 4.45. The van der Waals surface area contributed by atoms with Crippen LogP contribution in [0.5, 0.6) is 0 Å². The van der Waals surface area contributed by atoms with Crippen LogP contribution < -0.4 is 4.90 Å². The van der Waals surface area contributed by atoms with Gasteiger partial charge in [-0.1, -0.05) is 24.3 Å². The van der Waals surface area contributed by atoms with E-state index in [0.717, 1.165) is 67.8 Å². The number of hydrogen-bond donors (Lipinski definition) is 1. The lowest BCUT2D eigenvalue weighted by Gasteiger charge is -2.56. The Labute approximate surface area is 161 Å². The molecular weight excluding hydrogens is 340 g/mol. The smallest absolute Gasteiger partial charge is 0.159 e. The summed E-state index contributed by atoms with van der Waals surface area (Å²) in [5.41, 5.74) is 0.878. The molecule has 4 rings (SSSR count). The second-order valence-corrected chi connectivity index (χ2v) is 8.29. The van der Waals surface area contributed by atoms with Crippen molar-refractivity contribution in [1.29, 1.82) is 0 Å². The minimum Gasteiger partial charge on any atom is -0.392 e. The molecule has 1 aromatic heterocycles. The molecule has 0 radical (unpaired) electrons. The lowest BCUT2D eigenvalue weighted by molar-refractivity contribution is -0.202. The minimum absolute atomic E-state index is 0.0866. The number of likely N-dealkylation sites (N-methyl/N-ethyl adjacent to an activating group) is 1. The molecule has 146 valence electrons. The Bertz CT molecular complexity index is 802. The van der Waals surface area contributed by atoms with E-state index in [2.05, 4.69) is 52.3 Å². The quantitative estimate of drug-likeness (QED) is 0.871. The first kappa shape index (κ1) is 18.6. The van der Waals surface area contributed by atoms with Crippen molar-refractivity contribution in [2.24, 2.45) is 5.41 Å². The molecule has 1 N–H and O–H groups in total. The average molecular weight is 370 g/mol. The fourth-order valence-electron chi connectivity index (χ4n) is 4.59. The molecule has 2 atom stereocenters. The zero-order valence-corrected chi connectivity index (χ0v) is 16.6. The van der Waals surface area contributed by atoms with Crippen molar-refractivity contribution >= 4 is 16.6 Å². The topological polar surface area (TPSA) is 61.7 Å². The summed E-state index contributed by atoms with van der Waals surface area (Å²) in [6.07, 6.45) is 2.57. The molecule has 2 heterocycles. The average Bonchev–Trinajstić information content (AvgIpc) is 2.68. The van der Waals surface area contributed by atoms with E-state index in [4.69, 9.17) is 4.74 Å². The molecule has 0 bridgehead atoms. The van der Waals surface area contributed by atoms with Crippen LogP contribution in [-0.4, -0.2) is 72.7 Å². The van der Waals surface area contributed by atoms with Gasteiger partial charge in [0.2, 0.25) is 0 Å². The third-order valence-corrected chi connectivity index (χ3v) is 6.45. The summed E-state index contributed by atoms with van der Waals surface area (Å²) in [5, 5.41) is 21.7. The van der Waals surface area contributed by atoms with Crippen LogP contribution in [-0.2, 0) is 4.74 Å². The number of ether oxygens (including phenoxy) is 1. The highest BCUT2D eigenvalue weighted by Gasteiger charge is 2.56. The number of aliphatic hydroxyl groups excluding tert-OH is 1. The van der Waals surface area contributed by atoms with E-state index in [-0.39, 0.29) is 17.6 Å². The van der Waals surface area contributed by atoms with Gasteiger partial charge in [0.15, 0.2) is 5.82 Å². The van der Waals surface area contributed by atoms with Crippen LogP contribution in [0.1, 0.15) is 25.0 Å². The molecule has 1 aromatic carbocycles. The fourth-order valence-corrected chi connectivity index (χ4v) is 4.59. The first-order valence-corrected chi connectivity index (χ1v) is 9.92. The number of aryl methyl sites for hydroxylation is 1. The van der Waals surface area contributed by atoms with Crippen LogP contribution in [0.3, 0.4) is 0 Å². The Hall–Kier alpha value is -1.76. The number of aliphatic hydroxyl groups is 1. The van der Waals surface area contributed by atoms with Gasteiger partial charge in [0.1, 0.15) is 0 Å². The maximum atomic E-state index is 10.5. The molecule has 0 unspecified atom stereocenters. The fraction of sp³-hybridized carbons (Fsp3) is 0.619. The van der Waals surface area contributed by atoms with Gasteiger partial charge in [-0.25, -0.2) is 0 Å². The molecule has 6 nitrogen and oxygen atoms in total. The van der Waals surface area contributed by atoms with Gasteiger partial charge >= 0.3 is 0 Å². The van der Waals surface area contributed by atoms with Crippen molar-refractivity contribution in [3.63, 3.8) is 0 Å². The van der Waals surface area contributed by atoms with Crippen molar-refractivity contribution in [2.75, 3.05) is 45.2 Å². The van der Waals surface area contributed by atoms with Crippen LogP contribution in [0.4, 0.5) is 5.82 Å². The predicted octanol–water partition coefficient (Wildman–Crippen LogP) is 2.24. The van der Waals surface area contributed by atoms with Crippen molar-refractivity contribution in [3.05, 3.63) is 30.0 Å². The highest BCUT2D eigenvalue weighted by Crippen LogP contribution is 2.51. The van der Waals surface area contributed by atoms with Crippen LogP contribution in [0.25, 0.3) is 10.8 Å². The Morgan fingerprint density at radius 3 is 2.56 bits per heavy atom. The third-order valence-electron chi connectivity index (χ3n) is 6.45. The van der Waals surface area contributed by atoms with Crippen LogP contribution in [0.2, 0.25) is 0 Å². The Morgan fingerprint density at radius 1 is 1.19 bits per heavy atom. The lowest BCUT2D eigenvalue weighted by Crippen LogP contribution is -2.62. The number of piperidine rings is 1. The van der Waals surface area contributed by atoms with Gasteiger partial charge < -0.3 is 19.6 Å². The van der Waals surface area contributed by atoms with Gasteiger partial charge in [0.25, 0.3) is 0 Å². The van der Waals surface area contributed by atoms with Crippen LogP contribution in [0, 0.1) is 12.3 Å². The molecule has 1 saturated carbocycles. The van der Waals surface area contributed by atoms with E-state index in [1.165, 1.54) is 0 Å². The summed E-state index contributed by atoms with van der Waals surface area (Å²) in [6, 6.07) is 8.34. The molecular formula is C21H30N4O2. The third kappa shape index (κ3) is 3.30. The number of hydrogen-bond acceptors (Lipinski definition) is 6. The first-order valence-electron chi connectivity index (χ1n) is 9.92. The van der Waals surface area contributed by atoms with Gasteiger partial charge in [0.05, 0.1) is 24.5 Å². The van der Waals surface area contributed by atoms with Gasteiger partial charge in [0, 0.05) is 42.2 Å². The molecule has 2 aromatic rings. The molecule has 1 spiro atoms. The Morgan fingerprint density at radius 2 is 1.89 bits per heavy atom. The second-order valence-electron chi connectivity index (χ2n) is 8.29. The minimum atomic E-state index is -0.246. The Kier molecular flexibility index (Phi) is 5.05. The number of aromatic nitrogens is 2. The van der Waals surface area contributed by atoms with Gasteiger partial charge in [-0.3, -0.25) is 0 Å². The lowest BCUT2D eigenvalue weighted by atomic mass is 9.58. The maximum absolute atomic E-state index is 10.5. The number of fused-ring (bicyclic) bond motifs is 1. The summed E-state index contributed by atoms with van der Waals surface area (Å²) in [6.45, 7) is 5.41. The number of rotatable bonds is 5. The van der Waals surface area contributed by atoms with E-state index >= 15 is 0 Å². The zero-order valence-electron chi connectivity index (χ0n) is 16.6. The first-order chi connectivity index (χ1) is 13.0. The van der Waals surface area contributed by atoms with E-state index in [0.29, 0.717) is 0 Å². The van der Waals surface area contributed by atoms with Crippen molar-refractivity contribution in [1.82, 2.24) is 15.1 Å². The van der Waals surface area contributed by atoms with Crippen molar-refractivity contribution in [3.8, 4) is 0 Å². The van der Waals surface area contributed by atoms with Crippen molar-refractivity contribution in [2.45, 2.75) is 38.4 Å². The number of nitrogens with zero attached hydrogens (tertiary/aromatic N) is 4. The van der Waals surface area contributed by atoms with Crippen LogP contribution in [0.15, 0.2) is 24.3 Å². The second kappa shape index (κ2) is 7.34. The molecule has 0 amide bonds. The molecule has 2 aliphatic rings.